The van der Waals surface area contributed by atoms with Gasteiger partial charge < -0.3 is 9.64 Å². The predicted molar refractivity (Wildman–Crippen MR) is 124 cm³/mol. The van der Waals surface area contributed by atoms with Crippen LogP contribution >= 0.6 is 11.6 Å². The monoisotopic (exact) mass is 464 g/mol. The Bertz CT molecular complexity index is 1190. The quantitative estimate of drug-likeness (QED) is 0.588. The molecule has 2 aromatic carbocycles. The van der Waals surface area contributed by atoms with Crippen molar-refractivity contribution in [2.75, 3.05) is 13.1 Å². The van der Waals surface area contributed by atoms with Crippen molar-refractivity contribution in [3.05, 3.63) is 94.6 Å². The lowest BCUT2D eigenvalue weighted by atomic mass is 9.91. The van der Waals surface area contributed by atoms with Gasteiger partial charge in [0.2, 0.25) is 11.8 Å². The number of carbonyl (C=O) groups is 2. The van der Waals surface area contributed by atoms with E-state index in [4.69, 9.17) is 16.3 Å². The average molecular weight is 465 g/mol. The summed E-state index contributed by atoms with van der Waals surface area (Å²) in [5.74, 6) is -0.523. The smallest absolute Gasteiger partial charge is 0.241 e. The molecular weight excluding hydrogens is 443 g/mol. The van der Waals surface area contributed by atoms with Gasteiger partial charge in [0.25, 0.3) is 0 Å². The molecular formula is C26H22ClFN2O3. The number of halogens is 2. The number of rotatable bonds is 5. The fourth-order valence-electron chi connectivity index (χ4n) is 4.35. The van der Waals surface area contributed by atoms with E-state index in [0.717, 1.165) is 22.5 Å². The summed E-state index contributed by atoms with van der Waals surface area (Å²) in [5, 5.41) is 0.355. The third kappa shape index (κ3) is 4.31. The molecule has 0 saturated carbocycles. The Morgan fingerprint density at radius 2 is 1.79 bits per heavy atom. The van der Waals surface area contributed by atoms with Crippen LogP contribution in [0.5, 0.6) is 5.75 Å². The van der Waals surface area contributed by atoms with E-state index in [9.17, 15) is 14.0 Å². The second kappa shape index (κ2) is 8.87. The van der Waals surface area contributed by atoms with Gasteiger partial charge in [0.15, 0.2) is 0 Å². The number of hydrogen-bond acceptors (Lipinski definition) is 3. The van der Waals surface area contributed by atoms with E-state index in [2.05, 4.69) is 0 Å². The fraction of sp³-hybridized carbons (Fsp3) is 0.231. The molecule has 5 rings (SSSR count). The lowest BCUT2D eigenvalue weighted by Gasteiger charge is -2.39. The highest BCUT2D eigenvalue weighted by molar-refractivity contribution is 6.32. The van der Waals surface area contributed by atoms with Crippen molar-refractivity contribution in [2.24, 2.45) is 0 Å². The van der Waals surface area contributed by atoms with Crippen molar-refractivity contribution in [1.29, 1.82) is 0 Å². The molecule has 3 aliphatic rings. The lowest BCUT2D eigenvalue weighted by molar-refractivity contribution is -0.140. The molecule has 0 unspecified atom stereocenters. The van der Waals surface area contributed by atoms with E-state index >= 15 is 0 Å². The van der Waals surface area contributed by atoms with Crippen LogP contribution in [0.2, 0.25) is 5.02 Å². The Labute approximate surface area is 196 Å². The van der Waals surface area contributed by atoms with Gasteiger partial charge in [-0.25, -0.2) is 4.39 Å². The Kier molecular flexibility index (Phi) is 5.77. The largest absolute Gasteiger partial charge is 0.489 e. The number of amides is 2. The van der Waals surface area contributed by atoms with Crippen molar-refractivity contribution in [3.8, 4) is 5.75 Å². The zero-order chi connectivity index (χ0) is 22.9. The summed E-state index contributed by atoms with van der Waals surface area (Å²) in [6.07, 6.45) is 6.71. The maximum atomic E-state index is 13.5. The van der Waals surface area contributed by atoms with Crippen molar-refractivity contribution in [3.63, 3.8) is 0 Å². The highest BCUT2D eigenvalue weighted by Gasteiger charge is 2.36. The average Bonchev–Trinajstić information content (AvgIpc) is 2.82. The highest BCUT2D eigenvalue weighted by atomic mass is 35.5. The maximum Gasteiger partial charge on any atom is 0.241 e. The molecule has 0 spiro atoms. The summed E-state index contributed by atoms with van der Waals surface area (Å²) in [5.41, 5.74) is 3.64. The van der Waals surface area contributed by atoms with Crippen LogP contribution in [-0.2, 0) is 9.59 Å². The molecule has 0 radical (unpaired) electrons. The van der Waals surface area contributed by atoms with E-state index in [-0.39, 0.29) is 24.3 Å². The molecule has 2 bridgehead atoms. The Morgan fingerprint density at radius 1 is 1.03 bits per heavy atom. The van der Waals surface area contributed by atoms with Gasteiger partial charge in [0.1, 0.15) is 24.1 Å². The number of ether oxygens (including phenoxy) is 1. The number of allylic oxidation sites excluding steroid dienone is 4. The number of carbonyl (C=O) groups excluding carboxylic acids is 2. The van der Waals surface area contributed by atoms with Gasteiger partial charge >= 0.3 is 0 Å². The first kappa shape index (κ1) is 21.5. The second-order valence-corrected chi connectivity index (χ2v) is 8.65. The molecule has 7 heteroatoms. The second-order valence-electron chi connectivity index (χ2n) is 8.25. The summed E-state index contributed by atoms with van der Waals surface area (Å²) in [4.78, 5) is 29.1. The van der Waals surface area contributed by atoms with Crippen molar-refractivity contribution in [2.45, 2.75) is 25.4 Å². The minimum Gasteiger partial charge on any atom is -0.489 e. The molecule has 2 amide bonds. The molecule has 0 atom stereocenters. The van der Waals surface area contributed by atoms with Crippen molar-refractivity contribution < 1.29 is 18.7 Å². The van der Waals surface area contributed by atoms with Crippen molar-refractivity contribution >= 4 is 29.0 Å². The number of hydrogen-bond donors (Lipinski definition) is 0. The minimum atomic E-state index is -0.410. The Morgan fingerprint density at radius 3 is 2.52 bits per heavy atom. The number of piperidine rings is 1. The van der Waals surface area contributed by atoms with E-state index in [1.807, 2.05) is 48.6 Å². The van der Waals surface area contributed by atoms with Gasteiger partial charge in [-0.2, -0.15) is 0 Å². The van der Waals surface area contributed by atoms with Crippen LogP contribution in [0.15, 0.2) is 78.2 Å². The first-order valence-corrected chi connectivity index (χ1v) is 11.3. The number of likely N-dealkylation sites (tertiary alicyclic amines) is 1. The molecule has 2 aromatic rings. The number of benzene rings is 2. The molecule has 3 aliphatic heterocycles. The van der Waals surface area contributed by atoms with Gasteiger partial charge in [-0.15, -0.1) is 0 Å². The van der Waals surface area contributed by atoms with Gasteiger partial charge in [-0.1, -0.05) is 48.0 Å². The standard InChI is InChI=1S/C26H22ClFN2O3/c27-22-9-6-18(28)14-24(22)33-20-10-12-29(13-11-20)25(31)16-26(32)30-19-7-8-21(23(30)15-19)17-4-2-1-3-5-17/h1-9,14-15,20H,10-13,16H2. The van der Waals surface area contributed by atoms with Gasteiger partial charge in [0, 0.05) is 37.6 Å². The van der Waals surface area contributed by atoms with Crippen LogP contribution in [0.4, 0.5) is 4.39 Å². The van der Waals surface area contributed by atoms with Crippen molar-refractivity contribution in [1.82, 2.24) is 9.80 Å². The summed E-state index contributed by atoms with van der Waals surface area (Å²) in [6.45, 7) is 0.953. The fourth-order valence-corrected chi connectivity index (χ4v) is 4.51. The Hall–Kier alpha value is -3.38. The summed E-state index contributed by atoms with van der Waals surface area (Å²) >= 11 is 6.08. The van der Waals surface area contributed by atoms with Crippen LogP contribution in [0.25, 0.3) is 5.57 Å². The summed E-state index contributed by atoms with van der Waals surface area (Å²) in [6, 6.07) is 13.9. The van der Waals surface area contributed by atoms with Gasteiger partial charge in [0.05, 0.1) is 16.4 Å². The molecule has 33 heavy (non-hydrogen) atoms. The lowest BCUT2D eigenvalue weighted by Crippen LogP contribution is -2.45. The van der Waals surface area contributed by atoms with Crippen LogP contribution in [0.1, 0.15) is 24.8 Å². The maximum absolute atomic E-state index is 13.5. The molecule has 1 saturated heterocycles. The third-order valence-electron chi connectivity index (χ3n) is 6.10. The predicted octanol–water partition coefficient (Wildman–Crippen LogP) is 4.95. The number of nitrogens with zero attached hydrogens (tertiary/aromatic N) is 2. The normalized spacial score (nSPS) is 17.6. The topological polar surface area (TPSA) is 49.9 Å². The van der Waals surface area contributed by atoms with Crippen LogP contribution in [0.3, 0.4) is 0 Å². The SMILES string of the molecule is O=C(CC(=O)N1c2ccc(-c3ccccc3)c1c2)N1CCC(Oc2cc(F)ccc2Cl)CC1. The van der Waals surface area contributed by atoms with E-state index < -0.39 is 5.82 Å². The third-order valence-corrected chi connectivity index (χ3v) is 6.41. The molecule has 168 valence electrons. The van der Waals surface area contributed by atoms with Crippen LogP contribution in [-0.4, -0.2) is 40.8 Å². The molecule has 0 aromatic heterocycles. The molecule has 3 heterocycles. The first-order valence-electron chi connectivity index (χ1n) is 10.9. The molecule has 5 nitrogen and oxygen atoms in total. The summed E-state index contributed by atoms with van der Waals surface area (Å²) < 4.78 is 19.3. The zero-order valence-corrected chi connectivity index (χ0v) is 18.6. The van der Waals surface area contributed by atoms with Crippen LogP contribution < -0.4 is 4.74 Å². The minimum absolute atomic E-state index is 0.160. The molecule has 0 aliphatic carbocycles. The van der Waals surface area contributed by atoms with Gasteiger partial charge in [-0.05, 0) is 29.8 Å². The molecule has 1 fully saturated rings. The summed E-state index contributed by atoms with van der Waals surface area (Å²) in [7, 11) is 0. The number of fused-ring (bicyclic) bond motifs is 2. The highest BCUT2D eigenvalue weighted by Crippen LogP contribution is 2.41. The van der Waals surface area contributed by atoms with Crippen LogP contribution in [0, 0.1) is 5.82 Å². The first-order chi connectivity index (χ1) is 16.0. The van der Waals surface area contributed by atoms with E-state index in [1.165, 1.54) is 18.2 Å². The molecule has 0 N–H and O–H groups in total. The Balaban J connectivity index is 1.15. The van der Waals surface area contributed by atoms with E-state index in [0.29, 0.717) is 36.7 Å². The van der Waals surface area contributed by atoms with E-state index in [1.54, 1.807) is 9.80 Å². The zero-order valence-electron chi connectivity index (χ0n) is 17.8. The van der Waals surface area contributed by atoms with Gasteiger partial charge in [-0.3, -0.25) is 14.5 Å².